The van der Waals surface area contributed by atoms with Crippen molar-refractivity contribution in [1.29, 1.82) is 0 Å². The number of hydrogen-bond donors (Lipinski definition) is 1. The van der Waals surface area contributed by atoms with Crippen LogP contribution in [0.2, 0.25) is 0 Å². The molecule has 202 valence electrons. The number of nitrogens with zero attached hydrogens (tertiary/aromatic N) is 4. The largest absolute Gasteiger partial charge is 0.497 e. The average molecular weight is 520 g/mol. The first kappa shape index (κ1) is 27.3. The zero-order valence-corrected chi connectivity index (χ0v) is 22.6. The third-order valence-electron chi connectivity index (χ3n) is 6.58. The summed E-state index contributed by atoms with van der Waals surface area (Å²) in [5.74, 6) is 0.612. The third-order valence-corrected chi connectivity index (χ3v) is 6.58. The van der Waals surface area contributed by atoms with Crippen molar-refractivity contribution in [1.82, 2.24) is 19.4 Å². The van der Waals surface area contributed by atoms with Gasteiger partial charge in [-0.3, -0.25) is 24.4 Å². The van der Waals surface area contributed by atoms with Gasteiger partial charge in [0.1, 0.15) is 5.75 Å². The first-order chi connectivity index (χ1) is 18.3. The fourth-order valence-electron chi connectivity index (χ4n) is 4.33. The second-order valence-electron chi connectivity index (χ2n) is 9.80. The van der Waals surface area contributed by atoms with E-state index in [1.807, 2.05) is 80.1 Å². The lowest BCUT2D eigenvalue weighted by molar-refractivity contribution is -0.137. The molecule has 0 unspecified atom stereocenters. The zero-order valence-electron chi connectivity index (χ0n) is 22.6. The van der Waals surface area contributed by atoms with Gasteiger partial charge in [-0.25, -0.2) is 4.98 Å². The molecule has 1 saturated heterocycles. The van der Waals surface area contributed by atoms with E-state index in [0.29, 0.717) is 37.9 Å². The van der Waals surface area contributed by atoms with E-state index in [2.05, 4.69) is 10.2 Å². The highest BCUT2D eigenvalue weighted by atomic mass is 16.5. The maximum Gasteiger partial charge on any atom is 0.246 e. The van der Waals surface area contributed by atoms with Crippen molar-refractivity contribution in [3.05, 3.63) is 60.3 Å². The number of methoxy groups -OCH3 is 1. The molecule has 2 aromatic carbocycles. The van der Waals surface area contributed by atoms with Gasteiger partial charge in [0.25, 0.3) is 0 Å². The number of aromatic nitrogens is 2. The van der Waals surface area contributed by atoms with E-state index >= 15 is 0 Å². The van der Waals surface area contributed by atoms with Gasteiger partial charge in [-0.2, -0.15) is 0 Å². The molecule has 0 saturated carbocycles. The quantitative estimate of drug-likeness (QED) is 0.440. The van der Waals surface area contributed by atoms with Crippen LogP contribution in [0.1, 0.15) is 19.4 Å². The molecule has 2 heterocycles. The highest BCUT2D eigenvalue weighted by Crippen LogP contribution is 2.26. The second-order valence-corrected chi connectivity index (χ2v) is 9.80. The van der Waals surface area contributed by atoms with Crippen LogP contribution in [0.4, 0.5) is 5.95 Å². The first-order valence-corrected chi connectivity index (χ1v) is 13.0. The number of hydrogen-bond acceptors (Lipinski definition) is 6. The molecular weight excluding hydrogens is 482 g/mol. The summed E-state index contributed by atoms with van der Waals surface area (Å²) in [6, 6.07) is 15.6. The molecule has 1 aliphatic heterocycles. The number of benzene rings is 2. The summed E-state index contributed by atoms with van der Waals surface area (Å²) in [5.41, 5.74) is 3.62. The number of imidazole rings is 1. The lowest BCUT2D eigenvalue weighted by Gasteiger charge is -2.30. The molecule has 0 spiro atoms. The van der Waals surface area contributed by atoms with Gasteiger partial charge in [-0.15, -0.1) is 0 Å². The summed E-state index contributed by atoms with van der Waals surface area (Å²) in [7, 11) is 1.63. The molecule has 2 amide bonds. The molecule has 0 atom stereocenters. The standard InChI is InChI=1S/C29H37N5O4/c1-21(2)28(36)33(14-13-32-15-17-38-18-16-32)20-27(35)31-29-30-26(23-7-11-25(37-4)12-8-23)19-34(29)24-9-5-22(3)6-10-24/h5-12,19,21H,13-18,20H2,1-4H3,(H,30,31,35). The fourth-order valence-corrected chi connectivity index (χ4v) is 4.33. The predicted molar refractivity (Wildman–Crippen MR) is 148 cm³/mol. The van der Waals surface area contributed by atoms with E-state index in [1.165, 1.54) is 0 Å². The summed E-state index contributed by atoms with van der Waals surface area (Å²) in [6.07, 6.45) is 1.90. The number of rotatable bonds is 10. The third kappa shape index (κ3) is 6.99. The van der Waals surface area contributed by atoms with Gasteiger partial charge in [-0.05, 0) is 43.3 Å². The van der Waals surface area contributed by atoms with Crippen LogP contribution in [0.25, 0.3) is 16.9 Å². The number of nitrogens with one attached hydrogen (secondary N) is 1. The van der Waals surface area contributed by atoms with Gasteiger partial charge in [0.05, 0.1) is 32.6 Å². The highest BCUT2D eigenvalue weighted by molar-refractivity contribution is 5.94. The molecule has 0 bridgehead atoms. The molecule has 38 heavy (non-hydrogen) atoms. The van der Waals surface area contributed by atoms with Gasteiger partial charge in [0, 0.05) is 49.5 Å². The molecule has 1 aromatic heterocycles. The van der Waals surface area contributed by atoms with Crippen LogP contribution in [-0.4, -0.2) is 84.2 Å². The van der Waals surface area contributed by atoms with Crippen molar-refractivity contribution in [3.8, 4) is 22.7 Å². The SMILES string of the molecule is COc1ccc(-c2cn(-c3ccc(C)cc3)c(NC(=O)CN(CCN3CCOCC3)C(=O)C(C)C)n2)cc1. The van der Waals surface area contributed by atoms with Gasteiger partial charge in [0.2, 0.25) is 17.8 Å². The van der Waals surface area contributed by atoms with E-state index in [-0.39, 0.29) is 24.3 Å². The Morgan fingerprint density at radius 3 is 2.39 bits per heavy atom. The number of anilines is 1. The average Bonchev–Trinajstić information content (AvgIpc) is 3.35. The van der Waals surface area contributed by atoms with E-state index in [4.69, 9.17) is 14.5 Å². The van der Waals surface area contributed by atoms with Crippen LogP contribution in [0.15, 0.2) is 54.7 Å². The lowest BCUT2D eigenvalue weighted by Crippen LogP contribution is -2.46. The molecule has 1 N–H and O–H groups in total. The highest BCUT2D eigenvalue weighted by Gasteiger charge is 2.23. The minimum Gasteiger partial charge on any atom is -0.497 e. The van der Waals surface area contributed by atoms with E-state index in [1.54, 1.807) is 12.0 Å². The lowest BCUT2D eigenvalue weighted by atomic mass is 10.1. The van der Waals surface area contributed by atoms with Gasteiger partial charge in [0.15, 0.2) is 0 Å². The summed E-state index contributed by atoms with van der Waals surface area (Å²) in [5, 5.41) is 2.96. The van der Waals surface area contributed by atoms with Crippen LogP contribution >= 0.6 is 0 Å². The Kier molecular flexibility index (Phi) is 9.15. The van der Waals surface area contributed by atoms with Crippen LogP contribution in [0.5, 0.6) is 5.75 Å². The van der Waals surface area contributed by atoms with Crippen molar-refractivity contribution in [2.24, 2.45) is 5.92 Å². The number of amides is 2. The van der Waals surface area contributed by atoms with Crippen molar-refractivity contribution < 1.29 is 19.1 Å². The Hall–Kier alpha value is -3.69. The fraction of sp³-hybridized carbons (Fsp3) is 0.414. The summed E-state index contributed by atoms with van der Waals surface area (Å²) in [6.45, 7) is 9.92. The molecule has 1 fully saturated rings. The summed E-state index contributed by atoms with van der Waals surface area (Å²) >= 11 is 0. The number of aryl methyl sites for hydroxylation is 1. The molecule has 9 nitrogen and oxygen atoms in total. The number of carbonyl (C=O) groups excluding carboxylic acids is 2. The second kappa shape index (κ2) is 12.7. The molecule has 0 radical (unpaired) electrons. The number of ether oxygens (including phenoxy) is 2. The topological polar surface area (TPSA) is 88.9 Å². The van der Waals surface area contributed by atoms with Crippen LogP contribution in [0.3, 0.4) is 0 Å². The predicted octanol–water partition coefficient (Wildman–Crippen LogP) is 3.61. The van der Waals surface area contributed by atoms with Crippen molar-refractivity contribution in [3.63, 3.8) is 0 Å². The van der Waals surface area contributed by atoms with Gasteiger partial charge in [-0.1, -0.05) is 31.5 Å². The van der Waals surface area contributed by atoms with Crippen molar-refractivity contribution in [2.45, 2.75) is 20.8 Å². The normalized spacial score (nSPS) is 13.9. The molecule has 0 aliphatic carbocycles. The molecule has 1 aliphatic rings. The smallest absolute Gasteiger partial charge is 0.246 e. The first-order valence-electron chi connectivity index (χ1n) is 13.0. The van der Waals surface area contributed by atoms with Gasteiger partial charge >= 0.3 is 0 Å². The Bertz CT molecular complexity index is 1210. The minimum absolute atomic E-state index is 0.0417. The van der Waals surface area contributed by atoms with Crippen LogP contribution in [-0.2, 0) is 14.3 Å². The minimum atomic E-state index is -0.291. The number of morpholine rings is 1. The summed E-state index contributed by atoms with van der Waals surface area (Å²) in [4.78, 5) is 34.8. The maximum absolute atomic E-state index is 13.3. The van der Waals surface area contributed by atoms with E-state index < -0.39 is 0 Å². The number of carbonyl (C=O) groups is 2. The van der Waals surface area contributed by atoms with E-state index in [0.717, 1.165) is 35.7 Å². The summed E-state index contributed by atoms with van der Waals surface area (Å²) < 4.78 is 12.6. The van der Waals surface area contributed by atoms with E-state index in [9.17, 15) is 9.59 Å². The molecule has 9 heteroatoms. The maximum atomic E-state index is 13.3. The molecular formula is C29H37N5O4. The molecule has 4 rings (SSSR count). The monoisotopic (exact) mass is 519 g/mol. The van der Waals surface area contributed by atoms with Gasteiger partial charge < -0.3 is 14.4 Å². The van der Waals surface area contributed by atoms with Crippen molar-refractivity contribution >= 4 is 17.8 Å². The van der Waals surface area contributed by atoms with Crippen LogP contribution in [0, 0.1) is 12.8 Å². The Morgan fingerprint density at radius 1 is 1.08 bits per heavy atom. The molecule has 3 aromatic rings. The Labute approximate surface area is 224 Å². The zero-order chi connectivity index (χ0) is 27.1. The Morgan fingerprint density at radius 2 is 1.76 bits per heavy atom. The van der Waals surface area contributed by atoms with Crippen molar-refractivity contribution in [2.75, 3.05) is 58.4 Å². The van der Waals surface area contributed by atoms with Crippen LogP contribution < -0.4 is 10.1 Å². The Balaban J connectivity index is 1.54.